The van der Waals surface area contributed by atoms with Crippen molar-refractivity contribution in [2.45, 2.75) is 6.92 Å². The lowest BCUT2D eigenvalue weighted by Gasteiger charge is -2.10. The average molecular weight is 306 g/mol. The van der Waals surface area contributed by atoms with Crippen molar-refractivity contribution in [1.29, 1.82) is 0 Å². The number of halogens is 2. The van der Waals surface area contributed by atoms with E-state index in [1.54, 1.807) is 25.1 Å². The summed E-state index contributed by atoms with van der Waals surface area (Å²) in [5.74, 6) is -0.716. The second-order valence-electron chi connectivity index (χ2n) is 4.68. The quantitative estimate of drug-likeness (QED) is 0.716. The highest BCUT2D eigenvalue weighted by atomic mass is 32.1. The number of ether oxygens (including phenoxy) is 1. The molecule has 0 radical (unpaired) electrons. The van der Waals surface area contributed by atoms with Gasteiger partial charge >= 0.3 is 0 Å². The summed E-state index contributed by atoms with van der Waals surface area (Å²) in [7, 11) is 1.53. The van der Waals surface area contributed by atoms with Crippen molar-refractivity contribution in [3.8, 4) is 11.4 Å². The Balaban J connectivity index is 2.43. The number of rotatable bonds is 2. The van der Waals surface area contributed by atoms with Crippen molar-refractivity contribution in [2.75, 3.05) is 7.11 Å². The number of H-pyrrole nitrogens is 1. The van der Waals surface area contributed by atoms with E-state index < -0.39 is 11.6 Å². The van der Waals surface area contributed by atoms with Crippen LogP contribution in [0.15, 0.2) is 30.3 Å². The molecule has 0 bridgehead atoms. The Kier molecular flexibility index (Phi) is 3.25. The molecule has 0 spiro atoms. The molecule has 0 fully saturated rings. The third-order valence-electron chi connectivity index (χ3n) is 3.37. The Morgan fingerprint density at radius 1 is 1.19 bits per heavy atom. The minimum Gasteiger partial charge on any atom is -0.497 e. The maximum absolute atomic E-state index is 14.4. The highest BCUT2D eigenvalue weighted by Crippen LogP contribution is 2.28. The highest BCUT2D eigenvalue weighted by Gasteiger charge is 2.17. The van der Waals surface area contributed by atoms with Crippen LogP contribution < -0.4 is 4.74 Å². The molecule has 0 unspecified atom stereocenters. The molecule has 0 aliphatic rings. The third-order valence-corrected chi connectivity index (χ3v) is 3.66. The molecule has 3 aromatic rings. The summed E-state index contributed by atoms with van der Waals surface area (Å²) in [6.07, 6.45) is 0. The van der Waals surface area contributed by atoms with Crippen LogP contribution in [0.3, 0.4) is 0 Å². The summed E-state index contributed by atoms with van der Waals surface area (Å²) in [5, 5.41) is 0. The Hall–Kier alpha value is -2.21. The Morgan fingerprint density at radius 2 is 1.95 bits per heavy atom. The monoisotopic (exact) mass is 306 g/mol. The maximum atomic E-state index is 14.4. The Bertz CT molecular complexity index is 899. The van der Waals surface area contributed by atoms with E-state index in [1.807, 2.05) is 0 Å². The maximum Gasteiger partial charge on any atom is 0.182 e. The van der Waals surface area contributed by atoms with E-state index in [1.165, 1.54) is 23.8 Å². The lowest BCUT2D eigenvalue weighted by Crippen LogP contribution is -2.03. The predicted octanol–water partition coefficient (Wildman–Crippen LogP) is 4.28. The van der Waals surface area contributed by atoms with E-state index in [0.29, 0.717) is 22.3 Å². The average Bonchev–Trinajstić information content (AvgIpc) is 2.79. The molecule has 0 amide bonds. The van der Waals surface area contributed by atoms with Gasteiger partial charge in [0.1, 0.15) is 17.3 Å². The second-order valence-corrected chi connectivity index (χ2v) is 5.06. The van der Waals surface area contributed by atoms with Gasteiger partial charge in [-0.2, -0.15) is 0 Å². The molecule has 1 heterocycles. The molecule has 2 aromatic carbocycles. The molecule has 0 aliphatic carbocycles. The van der Waals surface area contributed by atoms with Gasteiger partial charge in [0.25, 0.3) is 0 Å². The van der Waals surface area contributed by atoms with E-state index in [0.717, 1.165) is 0 Å². The molecule has 108 valence electrons. The number of aromatic nitrogens is 2. The van der Waals surface area contributed by atoms with Gasteiger partial charge in [0.2, 0.25) is 0 Å². The zero-order valence-corrected chi connectivity index (χ0v) is 12.2. The normalized spacial score (nSPS) is 11.0. The lowest BCUT2D eigenvalue weighted by molar-refractivity contribution is 0.415. The standard InChI is InChI=1S/C15H12F2N2OS/c1-8-3-5-10(16)14(13(8)17)19-12-7-9(20-2)4-6-11(12)18-15(19)21/h3-7H,1-2H3,(H,18,21). The molecule has 3 rings (SSSR count). The molecule has 3 nitrogen and oxygen atoms in total. The molecule has 21 heavy (non-hydrogen) atoms. The van der Waals surface area contributed by atoms with Crippen LogP contribution >= 0.6 is 12.2 Å². The summed E-state index contributed by atoms with van der Waals surface area (Å²) < 4.78 is 35.2. The van der Waals surface area contributed by atoms with Gasteiger partial charge in [0.15, 0.2) is 10.6 Å². The highest BCUT2D eigenvalue weighted by molar-refractivity contribution is 7.71. The number of methoxy groups -OCH3 is 1. The van der Waals surface area contributed by atoms with Gasteiger partial charge in [-0.25, -0.2) is 8.78 Å². The molecular weight excluding hydrogens is 294 g/mol. The van der Waals surface area contributed by atoms with Crippen LogP contribution in [0.4, 0.5) is 8.78 Å². The lowest BCUT2D eigenvalue weighted by atomic mass is 10.2. The fraction of sp³-hybridized carbons (Fsp3) is 0.133. The first-order valence-electron chi connectivity index (χ1n) is 6.26. The van der Waals surface area contributed by atoms with Gasteiger partial charge in [0.05, 0.1) is 18.1 Å². The van der Waals surface area contributed by atoms with Crippen LogP contribution in [0.25, 0.3) is 16.7 Å². The minimum absolute atomic E-state index is 0.181. The topological polar surface area (TPSA) is 29.9 Å². The van der Waals surface area contributed by atoms with Crippen LogP contribution in [0, 0.1) is 23.3 Å². The molecule has 1 aromatic heterocycles. The number of benzene rings is 2. The summed E-state index contributed by atoms with van der Waals surface area (Å²) in [6, 6.07) is 7.82. The molecule has 0 saturated heterocycles. The summed E-state index contributed by atoms with van der Waals surface area (Å²) in [5.41, 5.74) is 1.41. The Labute approximate surface area is 124 Å². The summed E-state index contributed by atoms with van der Waals surface area (Å²) >= 11 is 5.21. The molecule has 0 saturated carbocycles. The van der Waals surface area contributed by atoms with Gasteiger partial charge in [0, 0.05) is 6.07 Å². The van der Waals surface area contributed by atoms with E-state index in [2.05, 4.69) is 4.98 Å². The van der Waals surface area contributed by atoms with Gasteiger partial charge in [-0.1, -0.05) is 6.07 Å². The SMILES string of the molecule is COc1ccc2[nH]c(=S)n(-c3c(F)ccc(C)c3F)c2c1. The third kappa shape index (κ3) is 2.12. The van der Waals surface area contributed by atoms with Crippen molar-refractivity contribution >= 4 is 23.3 Å². The van der Waals surface area contributed by atoms with E-state index in [-0.39, 0.29) is 10.5 Å². The van der Waals surface area contributed by atoms with Crippen LogP contribution in [-0.4, -0.2) is 16.7 Å². The Morgan fingerprint density at radius 3 is 2.67 bits per heavy atom. The molecule has 1 N–H and O–H groups in total. The largest absolute Gasteiger partial charge is 0.497 e. The van der Waals surface area contributed by atoms with E-state index >= 15 is 0 Å². The number of nitrogens with one attached hydrogen (secondary N) is 1. The van der Waals surface area contributed by atoms with Crippen molar-refractivity contribution in [1.82, 2.24) is 9.55 Å². The first kappa shape index (κ1) is 13.8. The zero-order chi connectivity index (χ0) is 15.1. The minimum atomic E-state index is -0.669. The number of nitrogens with zero attached hydrogens (tertiary/aromatic N) is 1. The number of fused-ring (bicyclic) bond motifs is 1. The van der Waals surface area contributed by atoms with Crippen LogP contribution in [-0.2, 0) is 0 Å². The van der Waals surface area contributed by atoms with Gasteiger partial charge in [-0.05, 0) is 42.9 Å². The molecule has 0 aliphatic heterocycles. The van der Waals surface area contributed by atoms with Crippen LogP contribution in [0.5, 0.6) is 5.75 Å². The van der Waals surface area contributed by atoms with Gasteiger partial charge in [-0.15, -0.1) is 0 Å². The number of imidazole rings is 1. The smallest absolute Gasteiger partial charge is 0.182 e. The second kappa shape index (κ2) is 4.96. The van der Waals surface area contributed by atoms with Gasteiger partial charge < -0.3 is 9.72 Å². The summed E-state index contributed by atoms with van der Waals surface area (Å²) in [6.45, 7) is 1.58. The van der Waals surface area contributed by atoms with Gasteiger partial charge in [-0.3, -0.25) is 4.57 Å². The molecule has 6 heteroatoms. The summed E-state index contributed by atoms with van der Waals surface area (Å²) in [4.78, 5) is 2.94. The first-order valence-corrected chi connectivity index (χ1v) is 6.67. The van der Waals surface area contributed by atoms with Crippen molar-refractivity contribution in [2.24, 2.45) is 0 Å². The van der Waals surface area contributed by atoms with Crippen LogP contribution in [0.1, 0.15) is 5.56 Å². The first-order chi connectivity index (χ1) is 10.0. The fourth-order valence-electron chi connectivity index (χ4n) is 2.28. The number of aryl methyl sites for hydroxylation is 1. The number of aromatic amines is 1. The zero-order valence-electron chi connectivity index (χ0n) is 11.4. The van der Waals surface area contributed by atoms with Crippen molar-refractivity contribution < 1.29 is 13.5 Å². The van der Waals surface area contributed by atoms with Crippen LogP contribution in [0.2, 0.25) is 0 Å². The predicted molar refractivity (Wildman–Crippen MR) is 79.7 cm³/mol. The van der Waals surface area contributed by atoms with E-state index in [4.69, 9.17) is 17.0 Å². The number of hydrogen-bond donors (Lipinski definition) is 1. The van der Waals surface area contributed by atoms with Crippen molar-refractivity contribution in [3.63, 3.8) is 0 Å². The van der Waals surface area contributed by atoms with E-state index in [9.17, 15) is 8.78 Å². The fourth-order valence-corrected chi connectivity index (χ4v) is 2.58. The van der Waals surface area contributed by atoms with Crippen molar-refractivity contribution in [3.05, 3.63) is 52.3 Å². The number of hydrogen-bond acceptors (Lipinski definition) is 2. The molecule has 0 atom stereocenters. The molecular formula is C15H12F2N2OS.